The molecule has 0 saturated carbocycles. The summed E-state index contributed by atoms with van der Waals surface area (Å²) in [6.45, 7) is 3.90. The van der Waals surface area contributed by atoms with Crippen LogP contribution in [0.1, 0.15) is 33.9 Å². The van der Waals surface area contributed by atoms with Gasteiger partial charge < -0.3 is 4.90 Å². The zero-order valence-corrected chi connectivity index (χ0v) is 12.8. The minimum Gasteiger partial charge on any atom is -0.332 e. The maximum Gasteiger partial charge on any atom is 0.259 e. The highest BCUT2D eigenvalue weighted by Crippen LogP contribution is 2.23. The predicted molar refractivity (Wildman–Crippen MR) is 80.3 cm³/mol. The zero-order valence-electron chi connectivity index (χ0n) is 12.0. The third-order valence-electron chi connectivity index (χ3n) is 3.43. The number of amides is 1. The summed E-state index contributed by atoms with van der Waals surface area (Å²) in [5, 5.41) is 7.01. The first kappa shape index (κ1) is 13.7. The molecule has 0 fully saturated rings. The molecule has 0 aliphatic heterocycles. The summed E-state index contributed by atoms with van der Waals surface area (Å²) >= 11 is 1.54. The molecule has 3 aromatic heterocycles. The molecule has 0 aliphatic carbocycles. The van der Waals surface area contributed by atoms with Crippen LogP contribution in [0.25, 0.3) is 5.65 Å². The smallest absolute Gasteiger partial charge is 0.259 e. The summed E-state index contributed by atoms with van der Waals surface area (Å²) in [4.78, 5) is 22.9. The van der Waals surface area contributed by atoms with E-state index < -0.39 is 0 Å². The van der Waals surface area contributed by atoms with Gasteiger partial charge in [-0.25, -0.2) is 14.5 Å². The lowest BCUT2D eigenvalue weighted by molar-refractivity contribution is 0.0744. The van der Waals surface area contributed by atoms with Crippen LogP contribution in [0.3, 0.4) is 0 Å². The number of aromatic nitrogens is 4. The van der Waals surface area contributed by atoms with Crippen LogP contribution in [-0.4, -0.2) is 37.4 Å². The van der Waals surface area contributed by atoms with Gasteiger partial charge >= 0.3 is 0 Å². The number of thiazole rings is 1. The molecule has 0 unspecified atom stereocenters. The Morgan fingerprint density at radius 3 is 2.90 bits per heavy atom. The number of aryl methyl sites for hydroxylation is 1. The van der Waals surface area contributed by atoms with Crippen molar-refractivity contribution in [3.8, 4) is 0 Å². The second kappa shape index (κ2) is 5.25. The lowest BCUT2D eigenvalue weighted by Crippen LogP contribution is -2.29. The first-order chi connectivity index (χ1) is 10.1. The molecule has 21 heavy (non-hydrogen) atoms. The molecule has 108 valence electrons. The van der Waals surface area contributed by atoms with Gasteiger partial charge in [0.25, 0.3) is 5.91 Å². The van der Waals surface area contributed by atoms with Gasteiger partial charge in [0.2, 0.25) is 0 Å². The van der Waals surface area contributed by atoms with Crippen molar-refractivity contribution in [1.82, 2.24) is 24.5 Å². The Morgan fingerprint density at radius 2 is 2.19 bits per heavy atom. The average molecular weight is 301 g/mol. The maximum atomic E-state index is 12.7. The van der Waals surface area contributed by atoms with E-state index in [4.69, 9.17) is 0 Å². The van der Waals surface area contributed by atoms with Crippen LogP contribution in [0.4, 0.5) is 0 Å². The molecule has 0 aromatic carbocycles. The molecule has 0 spiro atoms. The van der Waals surface area contributed by atoms with Gasteiger partial charge in [-0.2, -0.15) is 5.10 Å². The third kappa shape index (κ3) is 2.40. The topological polar surface area (TPSA) is 63.4 Å². The standard InChI is InChI=1S/C14H15N5OS/c1-9-6-16-12-11(7-17-19(12)8-9)14(20)18(3)10(2)13-15-4-5-21-13/h4-8,10H,1-3H3/t10-/m1/s1. The number of nitrogens with zero attached hydrogens (tertiary/aromatic N) is 5. The number of hydrogen-bond acceptors (Lipinski definition) is 5. The van der Waals surface area contributed by atoms with Crippen LogP contribution in [0, 0.1) is 6.92 Å². The highest BCUT2D eigenvalue weighted by molar-refractivity contribution is 7.09. The fourth-order valence-electron chi connectivity index (χ4n) is 2.09. The molecule has 3 aromatic rings. The largest absolute Gasteiger partial charge is 0.332 e. The van der Waals surface area contributed by atoms with Crippen molar-refractivity contribution in [3.05, 3.63) is 46.3 Å². The van der Waals surface area contributed by atoms with Crippen molar-refractivity contribution in [1.29, 1.82) is 0 Å². The monoisotopic (exact) mass is 301 g/mol. The summed E-state index contributed by atoms with van der Waals surface area (Å²) in [6.07, 6.45) is 6.89. The number of carbonyl (C=O) groups excluding carboxylic acids is 1. The van der Waals surface area contributed by atoms with Gasteiger partial charge in [0.1, 0.15) is 10.6 Å². The van der Waals surface area contributed by atoms with Crippen LogP contribution in [-0.2, 0) is 0 Å². The van der Waals surface area contributed by atoms with Gasteiger partial charge in [0, 0.05) is 31.0 Å². The van der Waals surface area contributed by atoms with Crippen LogP contribution < -0.4 is 0 Å². The summed E-state index contributed by atoms with van der Waals surface area (Å²) in [7, 11) is 1.77. The van der Waals surface area contributed by atoms with Crippen molar-refractivity contribution in [3.63, 3.8) is 0 Å². The van der Waals surface area contributed by atoms with Crippen molar-refractivity contribution >= 4 is 22.9 Å². The molecule has 0 saturated heterocycles. The van der Waals surface area contributed by atoms with Crippen molar-refractivity contribution in [2.75, 3.05) is 7.05 Å². The first-order valence-corrected chi connectivity index (χ1v) is 7.42. The highest BCUT2D eigenvalue weighted by Gasteiger charge is 2.23. The second-order valence-corrected chi connectivity index (χ2v) is 5.85. The van der Waals surface area contributed by atoms with Crippen molar-refractivity contribution in [2.24, 2.45) is 0 Å². The molecule has 3 heterocycles. The Morgan fingerprint density at radius 1 is 1.38 bits per heavy atom. The van der Waals surface area contributed by atoms with E-state index in [9.17, 15) is 4.79 Å². The minimum atomic E-state index is -0.107. The van der Waals surface area contributed by atoms with E-state index >= 15 is 0 Å². The van der Waals surface area contributed by atoms with Crippen LogP contribution in [0.5, 0.6) is 0 Å². The summed E-state index contributed by atoms with van der Waals surface area (Å²) in [5.41, 5.74) is 2.07. The van der Waals surface area contributed by atoms with E-state index in [-0.39, 0.29) is 11.9 Å². The predicted octanol–water partition coefficient (Wildman–Crippen LogP) is 2.33. The normalized spacial score (nSPS) is 12.5. The molecule has 1 atom stereocenters. The lowest BCUT2D eigenvalue weighted by atomic mass is 10.2. The summed E-state index contributed by atoms with van der Waals surface area (Å²) < 4.78 is 1.63. The van der Waals surface area contributed by atoms with Gasteiger partial charge in [-0.3, -0.25) is 4.79 Å². The number of rotatable bonds is 3. The first-order valence-electron chi connectivity index (χ1n) is 6.54. The number of fused-ring (bicyclic) bond motifs is 1. The molecular formula is C14H15N5OS. The average Bonchev–Trinajstić information content (AvgIpc) is 3.13. The Kier molecular flexibility index (Phi) is 3.42. The molecule has 7 heteroatoms. The molecule has 0 N–H and O–H groups in total. The van der Waals surface area contributed by atoms with Crippen molar-refractivity contribution < 1.29 is 4.79 Å². The third-order valence-corrected chi connectivity index (χ3v) is 4.37. The Bertz CT molecular complexity index is 780. The van der Waals surface area contributed by atoms with Gasteiger partial charge in [-0.05, 0) is 19.4 Å². The van der Waals surface area contributed by atoms with E-state index in [1.54, 1.807) is 35.1 Å². The second-order valence-electron chi connectivity index (χ2n) is 4.92. The molecule has 6 nitrogen and oxygen atoms in total. The lowest BCUT2D eigenvalue weighted by Gasteiger charge is -2.22. The fraction of sp³-hybridized carbons (Fsp3) is 0.286. The van der Waals surface area contributed by atoms with Gasteiger partial charge in [-0.1, -0.05) is 0 Å². The Balaban J connectivity index is 1.93. The van der Waals surface area contributed by atoms with E-state index in [0.717, 1.165) is 10.6 Å². The fourth-order valence-corrected chi connectivity index (χ4v) is 2.83. The number of carbonyl (C=O) groups is 1. The Hall–Kier alpha value is -2.28. The molecule has 1 amide bonds. The van der Waals surface area contributed by atoms with Crippen LogP contribution in [0.15, 0.2) is 30.2 Å². The van der Waals surface area contributed by atoms with E-state index in [0.29, 0.717) is 11.2 Å². The SMILES string of the molecule is Cc1cnc2c(C(=O)N(C)[C@H](C)c3nccs3)cnn2c1. The summed E-state index contributed by atoms with van der Waals surface area (Å²) in [6, 6.07) is -0.0853. The highest BCUT2D eigenvalue weighted by atomic mass is 32.1. The van der Waals surface area contributed by atoms with Crippen LogP contribution in [0.2, 0.25) is 0 Å². The quantitative estimate of drug-likeness (QED) is 0.745. The minimum absolute atomic E-state index is 0.0853. The van der Waals surface area contributed by atoms with E-state index in [1.165, 1.54) is 11.3 Å². The van der Waals surface area contributed by atoms with Gasteiger partial charge in [0.05, 0.1) is 12.2 Å². The van der Waals surface area contributed by atoms with Crippen molar-refractivity contribution in [2.45, 2.75) is 19.9 Å². The molecule has 3 rings (SSSR count). The molecule has 0 radical (unpaired) electrons. The van der Waals surface area contributed by atoms with E-state index in [2.05, 4.69) is 15.1 Å². The van der Waals surface area contributed by atoms with Gasteiger partial charge in [-0.15, -0.1) is 11.3 Å². The van der Waals surface area contributed by atoms with Gasteiger partial charge in [0.15, 0.2) is 5.65 Å². The molecular weight excluding hydrogens is 286 g/mol. The maximum absolute atomic E-state index is 12.7. The Labute approximate surface area is 126 Å². The van der Waals surface area contributed by atoms with Crippen LogP contribution >= 0.6 is 11.3 Å². The van der Waals surface area contributed by atoms with E-state index in [1.807, 2.05) is 25.4 Å². The zero-order chi connectivity index (χ0) is 15.0. The molecule has 0 bridgehead atoms. The summed E-state index contributed by atoms with van der Waals surface area (Å²) in [5.74, 6) is -0.107. The molecule has 0 aliphatic rings. The number of hydrogen-bond donors (Lipinski definition) is 0.